The van der Waals surface area contributed by atoms with Gasteiger partial charge < -0.3 is 21.5 Å². The molecule has 130 valence electrons. The first-order valence-corrected chi connectivity index (χ1v) is 8.65. The van der Waals surface area contributed by atoms with Crippen LogP contribution in [0.1, 0.15) is 23.8 Å². The Hall–Kier alpha value is -2.78. The Bertz CT molecular complexity index is 893. The highest BCUT2D eigenvalue weighted by molar-refractivity contribution is 7.17. The quantitative estimate of drug-likeness (QED) is 0.509. The normalized spacial score (nSPS) is 12.1. The van der Waals surface area contributed by atoms with Crippen LogP contribution >= 0.6 is 11.3 Å². The van der Waals surface area contributed by atoms with Crippen LogP contribution in [0.2, 0.25) is 0 Å². The van der Waals surface area contributed by atoms with Gasteiger partial charge in [-0.25, -0.2) is 0 Å². The van der Waals surface area contributed by atoms with E-state index >= 15 is 0 Å². The molecule has 0 unspecified atom stereocenters. The Balaban J connectivity index is 1.92. The van der Waals surface area contributed by atoms with E-state index in [1.54, 1.807) is 11.3 Å². The molecule has 2 aromatic heterocycles. The average Bonchev–Trinajstić information content (AvgIpc) is 3.07. The van der Waals surface area contributed by atoms with E-state index in [0.29, 0.717) is 6.42 Å². The molecule has 1 aromatic carbocycles. The van der Waals surface area contributed by atoms with E-state index in [-0.39, 0.29) is 30.1 Å². The second-order valence-corrected chi connectivity index (χ2v) is 6.37. The first-order valence-electron chi connectivity index (χ1n) is 7.77. The Morgan fingerprint density at radius 1 is 1.36 bits per heavy atom. The number of primary amides is 1. The van der Waals surface area contributed by atoms with E-state index in [2.05, 4.69) is 25.8 Å². The second-order valence-electron chi connectivity index (χ2n) is 5.43. The number of rotatable bonds is 7. The topological polar surface area (TPSA) is 126 Å². The summed E-state index contributed by atoms with van der Waals surface area (Å²) in [6, 6.07) is 7.64. The van der Waals surface area contributed by atoms with Gasteiger partial charge in [-0.3, -0.25) is 4.79 Å². The molecule has 0 fully saturated rings. The van der Waals surface area contributed by atoms with E-state index in [0.717, 1.165) is 15.8 Å². The summed E-state index contributed by atoms with van der Waals surface area (Å²) in [7, 11) is 0. The molecule has 0 aliphatic rings. The van der Waals surface area contributed by atoms with Crippen molar-refractivity contribution in [3.05, 3.63) is 35.3 Å². The lowest BCUT2D eigenvalue weighted by molar-refractivity contribution is 0.0995. The summed E-state index contributed by atoms with van der Waals surface area (Å²) in [4.78, 5) is 15.9. The number of nitrogens with two attached hydrogens (primary N) is 1. The van der Waals surface area contributed by atoms with Crippen molar-refractivity contribution in [1.82, 2.24) is 15.2 Å². The molecule has 0 saturated carbocycles. The summed E-state index contributed by atoms with van der Waals surface area (Å²) in [6.45, 7) is 1.86. The van der Waals surface area contributed by atoms with Crippen LogP contribution < -0.4 is 16.4 Å². The van der Waals surface area contributed by atoms with Crippen molar-refractivity contribution in [2.75, 3.05) is 17.2 Å². The molecular formula is C16H18N6O2S. The van der Waals surface area contributed by atoms with E-state index in [1.165, 1.54) is 0 Å². The third kappa shape index (κ3) is 3.83. The summed E-state index contributed by atoms with van der Waals surface area (Å²) in [6.07, 6.45) is 0.690. The van der Waals surface area contributed by atoms with Gasteiger partial charge >= 0.3 is 0 Å². The molecule has 5 N–H and O–H groups in total. The number of hydrogen-bond donors (Lipinski definition) is 4. The summed E-state index contributed by atoms with van der Waals surface area (Å²) >= 11 is 1.65. The number of anilines is 3. The number of thiophene rings is 1. The zero-order chi connectivity index (χ0) is 17.8. The lowest BCUT2D eigenvalue weighted by Crippen LogP contribution is -2.25. The predicted molar refractivity (Wildman–Crippen MR) is 98.2 cm³/mol. The fourth-order valence-electron chi connectivity index (χ4n) is 2.28. The molecule has 0 aliphatic heterocycles. The van der Waals surface area contributed by atoms with Gasteiger partial charge in [-0.15, -0.1) is 21.5 Å². The van der Waals surface area contributed by atoms with Gasteiger partial charge in [-0.1, -0.05) is 6.92 Å². The molecule has 1 atom stereocenters. The zero-order valence-electron chi connectivity index (χ0n) is 13.6. The maximum atomic E-state index is 11.6. The lowest BCUT2D eigenvalue weighted by Gasteiger charge is -2.15. The number of benzene rings is 1. The number of aromatic nitrogens is 3. The number of fused-ring (bicyclic) bond motifs is 1. The first kappa shape index (κ1) is 17.1. The maximum absolute atomic E-state index is 11.6. The number of aliphatic hydroxyl groups excluding tert-OH is 1. The minimum absolute atomic E-state index is 0.0481. The Labute approximate surface area is 148 Å². The van der Waals surface area contributed by atoms with Crippen molar-refractivity contribution in [1.29, 1.82) is 0 Å². The van der Waals surface area contributed by atoms with Crippen molar-refractivity contribution >= 4 is 44.8 Å². The number of nitrogens with one attached hydrogen (secondary N) is 2. The highest BCUT2D eigenvalue weighted by Crippen LogP contribution is 2.26. The van der Waals surface area contributed by atoms with E-state index in [1.807, 2.05) is 36.6 Å². The van der Waals surface area contributed by atoms with Gasteiger partial charge in [0.05, 0.1) is 12.6 Å². The molecule has 0 radical (unpaired) electrons. The van der Waals surface area contributed by atoms with Gasteiger partial charge in [-0.2, -0.15) is 4.98 Å². The van der Waals surface area contributed by atoms with Crippen LogP contribution in [-0.2, 0) is 0 Å². The number of hydrogen-bond acceptors (Lipinski definition) is 8. The van der Waals surface area contributed by atoms with Crippen LogP contribution in [0.5, 0.6) is 0 Å². The number of nitrogens with zero attached hydrogens (tertiary/aromatic N) is 3. The SMILES string of the molecule is CC[C@H](CO)Nc1nnc(C(N)=O)c(Nc2ccc3sccc3c2)n1. The van der Waals surface area contributed by atoms with Gasteiger partial charge in [0.1, 0.15) is 0 Å². The molecule has 0 aliphatic carbocycles. The number of amides is 1. The molecule has 0 saturated heterocycles. The van der Waals surface area contributed by atoms with Crippen LogP contribution in [0.25, 0.3) is 10.1 Å². The summed E-state index contributed by atoms with van der Waals surface area (Å²) in [5, 5.41) is 26.1. The van der Waals surface area contributed by atoms with Gasteiger partial charge in [0.2, 0.25) is 5.95 Å². The fraction of sp³-hybridized carbons (Fsp3) is 0.250. The van der Waals surface area contributed by atoms with Crippen LogP contribution in [0.15, 0.2) is 29.6 Å². The third-order valence-corrected chi connectivity index (χ3v) is 4.58. The van der Waals surface area contributed by atoms with E-state index in [4.69, 9.17) is 5.73 Å². The standard InChI is InChI=1S/C16H18N6O2S/c1-2-10(8-23)19-16-20-15(13(14(17)24)21-22-16)18-11-3-4-12-9(7-11)5-6-25-12/h3-7,10,23H,2,8H2,1H3,(H2,17,24)(H2,18,19,20,22)/t10-/m1/s1. The molecule has 2 heterocycles. The molecule has 3 aromatic rings. The van der Waals surface area contributed by atoms with Crippen molar-refractivity contribution in [3.63, 3.8) is 0 Å². The van der Waals surface area contributed by atoms with Crippen molar-refractivity contribution in [3.8, 4) is 0 Å². The smallest absolute Gasteiger partial charge is 0.273 e. The molecule has 8 nitrogen and oxygen atoms in total. The Morgan fingerprint density at radius 3 is 2.92 bits per heavy atom. The largest absolute Gasteiger partial charge is 0.394 e. The summed E-state index contributed by atoms with van der Waals surface area (Å²) in [5.41, 5.74) is 6.08. The van der Waals surface area contributed by atoms with Crippen LogP contribution in [0.3, 0.4) is 0 Å². The maximum Gasteiger partial charge on any atom is 0.273 e. The third-order valence-electron chi connectivity index (χ3n) is 3.68. The van der Waals surface area contributed by atoms with Gasteiger partial charge in [0.25, 0.3) is 5.91 Å². The van der Waals surface area contributed by atoms with Gasteiger partial charge in [0, 0.05) is 10.4 Å². The second kappa shape index (κ2) is 7.41. The molecule has 1 amide bonds. The Morgan fingerprint density at radius 2 is 2.20 bits per heavy atom. The highest BCUT2D eigenvalue weighted by Gasteiger charge is 2.16. The average molecular weight is 358 g/mol. The van der Waals surface area contributed by atoms with Gasteiger partial charge in [-0.05, 0) is 41.5 Å². The molecular weight excluding hydrogens is 340 g/mol. The number of carbonyl (C=O) groups excluding carboxylic acids is 1. The fourth-order valence-corrected chi connectivity index (χ4v) is 3.05. The Kier molecular flexibility index (Phi) is 5.05. The predicted octanol–water partition coefficient (Wildman–Crippen LogP) is 2.11. The van der Waals surface area contributed by atoms with Crippen LogP contribution in [0.4, 0.5) is 17.5 Å². The minimum atomic E-state index is -0.722. The molecule has 0 spiro atoms. The van der Waals surface area contributed by atoms with Gasteiger partial charge in [0.15, 0.2) is 11.5 Å². The number of aliphatic hydroxyl groups is 1. The molecule has 0 bridgehead atoms. The van der Waals surface area contributed by atoms with Crippen molar-refractivity contribution in [2.24, 2.45) is 5.73 Å². The molecule has 25 heavy (non-hydrogen) atoms. The summed E-state index contributed by atoms with van der Waals surface area (Å²) in [5.74, 6) is -0.294. The molecule has 9 heteroatoms. The number of carbonyl (C=O) groups is 1. The minimum Gasteiger partial charge on any atom is -0.394 e. The van der Waals surface area contributed by atoms with E-state index < -0.39 is 5.91 Å². The lowest BCUT2D eigenvalue weighted by atomic mass is 10.2. The van der Waals surface area contributed by atoms with Crippen LogP contribution in [-0.4, -0.2) is 38.8 Å². The van der Waals surface area contributed by atoms with Crippen LogP contribution in [0, 0.1) is 0 Å². The summed E-state index contributed by atoms with van der Waals surface area (Å²) < 4.78 is 1.16. The highest BCUT2D eigenvalue weighted by atomic mass is 32.1. The zero-order valence-corrected chi connectivity index (χ0v) is 14.4. The molecule has 3 rings (SSSR count). The monoisotopic (exact) mass is 358 g/mol. The van der Waals surface area contributed by atoms with Crippen molar-refractivity contribution < 1.29 is 9.90 Å². The van der Waals surface area contributed by atoms with E-state index in [9.17, 15) is 9.90 Å². The van der Waals surface area contributed by atoms with Crippen molar-refractivity contribution in [2.45, 2.75) is 19.4 Å². The first-order chi connectivity index (χ1) is 12.1.